The van der Waals surface area contributed by atoms with Gasteiger partial charge in [0.05, 0.1) is 9.77 Å². The summed E-state index contributed by atoms with van der Waals surface area (Å²) in [5, 5.41) is 2.78. The van der Waals surface area contributed by atoms with E-state index in [1.807, 2.05) is 18.2 Å². The van der Waals surface area contributed by atoms with Gasteiger partial charge in [-0.1, -0.05) is 18.2 Å². The lowest BCUT2D eigenvalue weighted by Crippen LogP contribution is -2.28. The van der Waals surface area contributed by atoms with E-state index >= 15 is 0 Å². The minimum Gasteiger partial charge on any atom is -0.321 e. The second kappa shape index (κ2) is 6.43. The Hall–Kier alpha value is -1.70. The zero-order chi connectivity index (χ0) is 16.4. The maximum Gasteiger partial charge on any atom is 0.265 e. The molecular formula is C16H18N2O3S2. The highest BCUT2D eigenvalue weighted by molar-refractivity contribution is 7.89. The van der Waals surface area contributed by atoms with Crippen LogP contribution in [0.2, 0.25) is 0 Å². The molecule has 23 heavy (non-hydrogen) atoms. The number of sulfonamides is 1. The van der Waals surface area contributed by atoms with Gasteiger partial charge in [-0.25, -0.2) is 8.42 Å². The minimum absolute atomic E-state index is 0.252. The third-order valence-electron chi connectivity index (χ3n) is 3.81. The van der Waals surface area contributed by atoms with Crippen molar-refractivity contribution in [2.75, 3.05) is 18.4 Å². The number of thiophene rings is 1. The highest BCUT2D eigenvalue weighted by atomic mass is 32.2. The predicted octanol–water partition coefficient (Wildman–Crippen LogP) is 3.09. The fourth-order valence-corrected chi connectivity index (χ4v) is 5.59. The minimum atomic E-state index is -3.49. The van der Waals surface area contributed by atoms with E-state index in [0.29, 0.717) is 28.5 Å². The predicted molar refractivity (Wildman–Crippen MR) is 91.4 cm³/mol. The summed E-state index contributed by atoms with van der Waals surface area (Å²) in [6.45, 7) is 2.86. The lowest BCUT2D eigenvalue weighted by atomic mass is 10.3. The van der Waals surface area contributed by atoms with Crippen LogP contribution in [0.1, 0.15) is 27.4 Å². The van der Waals surface area contributed by atoms with E-state index in [-0.39, 0.29) is 10.8 Å². The molecule has 1 aliphatic heterocycles. The molecule has 5 nitrogen and oxygen atoms in total. The molecular weight excluding hydrogens is 332 g/mol. The Kier molecular flexibility index (Phi) is 4.52. The lowest BCUT2D eigenvalue weighted by molar-refractivity contribution is 0.103. The van der Waals surface area contributed by atoms with Crippen molar-refractivity contribution in [2.24, 2.45) is 0 Å². The Morgan fingerprint density at radius 1 is 1.17 bits per heavy atom. The largest absolute Gasteiger partial charge is 0.321 e. The molecule has 0 bridgehead atoms. The second-order valence-corrected chi connectivity index (χ2v) is 8.63. The fraction of sp³-hybridized carbons (Fsp3) is 0.312. The van der Waals surface area contributed by atoms with Gasteiger partial charge in [-0.15, -0.1) is 11.3 Å². The molecule has 0 spiro atoms. The van der Waals surface area contributed by atoms with Crippen LogP contribution in [0.15, 0.2) is 41.3 Å². The van der Waals surface area contributed by atoms with Crippen molar-refractivity contribution in [3.63, 3.8) is 0 Å². The first-order valence-electron chi connectivity index (χ1n) is 7.45. The lowest BCUT2D eigenvalue weighted by Gasteiger charge is -2.14. The normalized spacial score (nSPS) is 15.7. The first-order valence-corrected chi connectivity index (χ1v) is 9.71. The average Bonchev–Trinajstić information content (AvgIpc) is 3.18. The molecule has 2 heterocycles. The summed E-state index contributed by atoms with van der Waals surface area (Å²) >= 11 is 1.21. The Labute approximate surface area is 140 Å². The highest BCUT2D eigenvalue weighted by Crippen LogP contribution is 2.30. The van der Waals surface area contributed by atoms with Crippen LogP contribution in [0, 0.1) is 6.92 Å². The van der Waals surface area contributed by atoms with E-state index in [0.717, 1.165) is 12.8 Å². The van der Waals surface area contributed by atoms with Crippen molar-refractivity contribution >= 4 is 33.0 Å². The first-order chi connectivity index (χ1) is 11.0. The van der Waals surface area contributed by atoms with Crippen molar-refractivity contribution in [2.45, 2.75) is 24.7 Å². The molecule has 1 aliphatic rings. The molecule has 3 rings (SSSR count). The summed E-state index contributed by atoms with van der Waals surface area (Å²) in [5.74, 6) is -0.285. The van der Waals surface area contributed by atoms with Gasteiger partial charge >= 0.3 is 0 Å². The maximum absolute atomic E-state index is 12.7. The summed E-state index contributed by atoms with van der Waals surface area (Å²) < 4.78 is 26.8. The van der Waals surface area contributed by atoms with Crippen molar-refractivity contribution in [1.82, 2.24) is 4.31 Å². The monoisotopic (exact) mass is 350 g/mol. The van der Waals surface area contributed by atoms with Crippen LogP contribution in [0.25, 0.3) is 0 Å². The van der Waals surface area contributed by atoms with Gasteiger partial charge in [-0.05, 0) is 38.0 Å². The standard InChI is InChI=1S/C16H18N2O3S2/c1-12-15(23(20,21)18-9-5-6-10-18)11-14(22-12)16(19)17-13-7-3-2-4-8-13/h2-4,7-8,11H,5-6,9-10H2,1H3,(H,17,19). The molecule has 2 aromatic rings. The Bertz CT molecular complexity index is 807. The van der Waals surface area contributed by atoms with Crippen LogP contribution in [0.4, 0.5) is 5.69 Å². The van der Waals surface area contributed by atoms with Gasteiger partial charge < -0.3 is 5.32 Å². The molecule has 122 valence electrons. The van der Waals surface area contributed by atoms with Gasteiger partial charge in [0.2, 0.25) is 10.0 Å². The number of nitrogens with zero attached hydrogens (tertiary/aromatic N) is 1. The molecule has 1 aromatic carbocycles. The molecule has 1 saturated heterocycles. The van der Waals surface area contributed by atoms with E-state index < -0.39 is 10.0 Å². The molecule has 1 N–H and O–H groups in total. The first kappa shape index (κ1) is 16.2. The Morgan fingerprint density at radius 2 is 1.83 bits per heavy atom. The zero-order valence-electron chi connectivity index (χ0n) is 12.8. The molecule has 0 atom stereocenters. The van der Waals surface area contributed by atoms with Crippen LogP contribution in [0.5, 0.6) is 0 Å². The number of rotatable bonds is 4. The topological polar surface area (TPSA) is 66.5 Å². The van der Waals surface area contributed by atoms with Crippen molar-refractivity contribution in [3.8, 4) is 0 Å². The third-order valence-corrected chi connectivity index (χ3v) is 7.01. The Morgan fingerprint density at radius 3 is 2.48 bits per heavy atom. The summed E-state index contributed by atoms with van der Waals surface area (Å²) in [6.07, 6.45) is 1.79. The highest BCUT2D eigenvalue weighted by Gasteiger charge is 2.30. The van der Waals surface area contributed by atoms with E-state index in [1.54, 1.807) is 19.1 Å². The number of hydrogen-bond acceptors (Lipinski definition) is 4. The SMILES string of the molecule is Cc1sc(C(=O)Nc2ccccc2)cc1S(=O)(=O)N1CCCC1. The van der Waals surface area contributed by atoms with Crippen molar-refractivity contribution < 1.29 is 13.2 Å². The molecule has 0 saturated carbocycles. The van der Waals surface area contributed by atoms with E-state index in [1.165, 1.54) is 21.7 Å². The van der Waals surface area contributed by atoms with Crippen LogP contribution >= 0.6 is 11.3 Å². The van der Waals surface area contributed by atoms with Crippen LogP contribution in [-0.2, 0) is 10.0 Å². The molecule has 0 aliphatic carbocycles. The number of aryl methyl sites for hydroxylation is 1. The number of nitrogens with one attached hydrogen (secondary N) is 1. The van der Waals surface area contributed by atoms with Gasteiger partial charge in [0, 0.05) is 23.7 Å². The summed E-state index contributed by atoms with van der Waals surface area (Å²) in [7, 11) is -3.49. The maximum atomic E-state index is 12.7. The number of anilines is 1. The van der Waals surface area contributed by atoms with Crippen LogP contribution < -0.4 is 5.32 Å². The van der Waals surface area contributed by atoms with E-state index in [2.05, 4.69) is 5.32 Å². The molecule has 0 unspecified atom stereocenters. The number of carbonyl (C=O) groups is 1. The number of para-hydroxylation sites is 1. The molecule has 0 radical (unpaired) electrons. The summed E-state index contributed by atoms with van der Waals surface area (Å²) in [6, 6.07) is 10.6. The average molecular weight is 350 g/mol. The van der Waals surface area contributed by atoms with Gasteiger partial charge in [-0.2, -0.15) is 4.31 Å². The van der Waals surface area contributed by atoms with E-state index in [9.17, 15) is 13.2 Å². The van der Waals surface area contributed by atoms with Crippen LogP contribution in [0.3, 0.4) is 0 Å². The molecule has 7 heteroatoms. The zero-order valence-corrected chi connectivity index (χ0v) is 14.4. The number of carbonyl (C=O) groups excluding carboxylic acids is 1. The Balaban J connectivity index is 1.84. The fourth-order valence-electron chi connectivity index (χ4n) is 2.62. The number of hydrogen-bond donors (Lipinski definition) is 1. The second-order valence-electron chi connectivity index (χ2n) is 5.46. The quantitative estimate of drug-likeness (QED) is 0.921. The smallest absolute Gasteiger partial charge is 0.265 e. The van der Waals surface area contributed by atoms with Gasteiger partial charge in [-0.3, -0.25) is 4.79 Å². The van der Waals surface area contributed by atoms with E-state index in [4.69, 9.17) is 0 Å². The number of amides is 1. The molecule has 1 aromatic heterocycles. The van der Waals surface area contributed by atoms with Gasteiger partial charge in [0.25, 0.3) is 5.91 Å². The van der Waals surface area contributed by atoms with Crippen molar-refractivity contribution in [1.29, 1.82) is 0 Å². The molecule has 1 amide bonds. The van der Waals surface area contributed by atoms with Gasteiger partial charge in [0.1, 0.15) is 0 Å². The van der Waals surface area contributed by atoms with Crippen LogP contribution in [-0.4, -0.2) is 31.7 Å². The third kappa shape index (κ3) is 3.31. The number of benzene rings is 1. The summed E-state index contributed by atoms with van der Waals surface area (Å²) in [5.41, 5.74) is 0.688. The van der Waals surface area contributed by atoms with Crippen molar-refractivity contribution in [3.05, 3.63) is 46.2 Å². The van der Waals surface area contributed by atoms with Gasteiger partial charge in [0.15, 0.2) is 0 Å². The molecule has 1 fully saturated rings. The summed E-state index contributed by atoms with van der Waals surface area (Å²) in [4.78, 5) is 13.6.